The minimum Gasteiger partial charge on any atom is -0.460 e. The number of amides is 1. The number of nitrogens with one attached hydrogen (secondary N) is 1. The maximum Gasteiger partial charge on any atom is 0.338 e. The molecule has 0 aliphatic carbocycles. The Bertz CT molecular complexity index is 989. The minimum absolute atomic E-state index is 0.00353. The highest BCUT2D eigenvalue weighted by Crippen LogP contribution is 2.31. The highest BCUT2D eigenvalue weighted by molar-refractivity contribution is 5.91. The average molecular weight is 441 g/mol. The lowest BCUT2D eigenvalue weighted by Crippen LogP contribution is -2.36. The molecule has 32 heavy (non-hydrogen) atoms. The first-order chi connectivity index (χ1) is 15.5. The van der Waals surface area contributed by atoms with Crippen molar-refractivity contribution in [2.24, 2.45) is 10.2 Å². The fraction of sp³-hybridized carbons (Fsp3) is 0.333. The number of azo groups is 1. The summed E-state index contributed by atoms with van der Waals surface area (Å²) in [6.45, 7) is 4.59. The molecule has 1 unspecified atom stereocenters. The van der Waals surface area contributed by atoms with Gasteiger partial charge in [0.1, 0.15) is 6.61 Å². The molecule has 1 N–H and O–H groups in total. The Kier molecular flexibility index (Phi) is 7.81. The number of nitro groups is 1. The number of benzene rings is 2. The molecule has 1 amide bonds. The van der Waals surface area contributed by atoms with Crippen molar-refractivity contribution in [3.63, 3.8) is 0 Å². The SMILES string of the molecule is CC(COC(=O)c1ccc(N=Nc2ccc(N3CCOCC3)cc2)c([N+](=O)[O-])c1)NC=O. The lowest BCUT2D eigenvalue weighted by atomic mass is 10.2. The largest absolute Gasteiger partial charge is 0.460 e. The van der Waals surface area contributed by atoms with Gasteiger partial charge in [0.25, 0.3) is 5.69 Å². The standard InChI is InChI=1S/C21H23N5O6/c1-15(22-14-27)13-32-21(28)16-2-7-19(20(12-16)26(29)30)24-23-17-3-5-18(6-4-17)25-8-10-31-11-9-25/h2-7,12,14-15H,8-11,13H2,1H3,(H,22,27). The van der Waals surface area contributed by atoms with Crippen LogP contribution in [0.2, 0.25) is 0 Å². The van der Waals surface area contributed by atoms with Crippen LogP contribution in [0, 0.1) is 10.1 Å². The van der Waals surface area contributed by atoms with E-state index in [0.717, 1.165) is 24.8 Å². The van der Waals surface area contributed by atoms with Gasteiger partial charge in [0, 0.05) is 24.8 Å². The summed E-state index contributed by atoms with van der Waals surface area (Å²) in [6, 6.07) is 10.8. The first-order valence-corrected chi connectivity index (χ1v) is 9.97. The quantitative estimate of drug-likeness (QED) is 0.208. The van der Waals surface area contributed by atoms with E-state index in [4.69, 9.17) is 9.47 Å². The van der Waals surface area contributed by atoms with Crippen LogP contribution in [0.5, 0.6) is 0 Å². The van der Waals surface area contributed by atoms with Crippen LogP contribution in [-0.4, -0.2) is 56.3 Å². The highest BCUT2D eigenvalue weighted by atomic mass is 16.6. The minimum atomic E-state index is -0.741. The van der Waals surface area contributed by atoms with Crippen molar-refractivity contribution in [3.05, 3.63) is 58.1 Å². The molecule has 1 saturated heterocycles. The van der Waals surface area contributed by atoms with Crippen LogP contribution in [0.15, 0.2) is 52.7 Å². The smallest absolute Gasteiger partial charge is 0.338 e. The van der Waals surface area contributed by atoms with Gasteiger partial charge in [0.05, 0.1) is 35.4 Å². The summed E-state index contributed by atoms with van der Waals surface area (Å²) in [7, 11) is 0. The fourth-order valence-electron chi connectivity index (χ4n) is 2.99. The van der Waals surface area contributed by atoms with E-state index in [-0.39, 0.29) is 29.6 Å². The lowest BCUT2D eigenvalue weighted by Gasteiger charge is -2.28. The molecule has 3 rings (SSSR count). The van der Waals surface area contributed by atoms with Crippen LogP contribution in [0.25, 0.3) is 0 Å². The van der Waals surface area contributed by atoms with Crippen molar-refractivity contribution < 1.29 is 24.0 Å². The number of esters is 1. The highest BCUT2D eigenvalue weighted by Gasteiger charge is 2.19. The number of nitrogens with zero attached hydrogens (tertiary/aromatic N) is 4. The van der Waals surface area contributed by atoms with Crippen molar-refractivity contribution in [1.82, 2.24) is 5.32 Å². The van der Waals surface area contributed by atoms with Crippen LogP contribution >= 0.6 is 0 Å². The summed E-state index contributed by atoms with van der Waals surface area (Å²) in [6.07, 6.45) is 0.499. The second-order valence-corrected chi connectivity index (χ2v) is 7.06. The molecule has 1 heterocycles. The Labute approximate surface area is 184 Å². The fourth-order valence-corrected chi connectivity index (χ4v) is 2.99. The van der Waals surface area contributed by atoms with Gasteiger partial charge in [-0.15, -0.1) is 5.11 Å². The van der Waals surface area contributed by atoms with E-state index < -0.39 is 10.9 Å². The molecule has 0 radical (unpaired) electrons. The molecule has 0 spiro atoms. The van der Waals surface area contributed by atoms with E-state index in [1.165, 1.54) is 12.1 Å². The summed E-state index contributed by atoms with van der Waals surface area (Å²) in [4.78, 5) is 35.6. The van der Waals surface area contributed by atoms with Gasteiger partial charge in [0.15, 0.2) is 5.69 Å². The first-order valence-electron chi connectivity index (χ1n) is 9.97. The first kappa shape index (κ1) is 22.8. The lowest BCUT2D eigenvalue weighted by molar-refractivity contribution is -0.384. The molecule has 2 aromatic carbocycles. The predicted octanol–water partition coefficient (Wildman–Crippen LogP) is 3.14. The maximum atomic E-state index is 12.2. The van der Waals surface area contributed by atoms with Gasteiger partial charge in [-0.1, -0.05) is 0 Å². The number of rotatable bonds is 9. The Hall–Kier alpha value is -3.86. The maximum absolute atomic E-state index is 12.2. The van der Waals surface area contributed by atoms with Gasteiger partial charge in [-0.2, -0.15) is 5.11 Å². The monoisotopic (exact) mass is 441 g/mol. The summed E-state index contributed by atoms with van der Waals surface area (Å²) in [5, 5.41) is 22.0. The second-order valence-electron chi connectivity index (χ2n) is 7.06. The predicted molar refractivity (Wildman–Crippen MR) is 116 cm³/mol. The Morgan fingerprint density at radius 3 is 2.62 bits per heavy atom. The molecular weight excluding hydrogens is 418 g/mol. The Morgan fingerprint density at radius 2 is 1.97 bits per heavy atom. The number of carbonyl (C=O) groups excluding carboxylic acids is 2. The van der Waals surface area contributed by atoms with Gasteiger partial charge >= 0.3 is 5.97 Å². The number of anilines is 1. The van der Waals surface area contributed by atoms with Gasteiger partial charge in [0.2, 0.25) is 6.41 Å². The molecule has 11 heteroatoms. The number of carbonyl (C=O) groups is 2. The molecule has 1 fully saturated rings. The topological polar surface area (TPSA) is 136 Å². The van der Waals surface area contributed by atoms with Gasteiger partial charge < -0.3 is 19.7 Å². The van der Waals surface area contributed by atoms with E-state index in [9.17, 15) is 19.7 Å². The zero-order valence-electron chi connectivity index (χ0n) is 17.5. The van der Waals surface area contributed by atoms with Crippen molar-refractivity contribution >= 4 is 35.1 Å². The summed E-state index contributed by atoms with van der Waals surface area (Å²) in [5.74, 6) is -0.741. The van der Waals surface area contributed by atoms with Crippen LogP contribution < -0.4 is 10.2 Å². The molecule has 11 nitrogen and oxygen atoms in total. The van der Waals surface area contributed by atoms with E-state index in [2.05, 4.69) is 20.4 Å². The van der Waals surface area contributed by atoms with Crippen LogP contribution in [0.4, 0.5) is 22.7 Å². The molecule has 0 bridgehead atoms. The number of hydrogen-bond acceptors (Lipinski definition) is 9. The molecule has 1 atom stereocenters. The Balaban J connectivity index is 1.70. The number of ether oxygens (including phenoxy) is 2. The second kappa shape index (κ2) is 11.0. The number of hydrogen-bond donors (Lipinski definition) is 1. The van der Waals surface area contributed by atoms with Gasteiger partial charge in [-0.3, -0.25) is 14.9 Å². The van der Waals surface area contributed by atoms with E-state index in [0.29, 0.717) is 25.3 Å². The zero-order valence-corrected chi connectivity index (χ0v) is 17.5. The Morgan fingerprint density at radius 1 is 1.25 bits per heavy atom. The van der Waals surface area contributed by atoms with E-state index in [1.807, 2.05) is 12.1 Å². The van der Waals surface area contributed by atoms with Crippen molar-refractivity contribution in [3.8, 4) is 0 Å². The molecule has 168 valence electrons. The van der Waals surface area contributed by atoms with Crippen LogP contribution in [-0.2, 0) is 14.3 Å². The average Bonchev–Trinajstić information content (AvgIpc) is 2.82. The molecule has 0 aromatic heterocycles. The normalized spacial score (nSPS) is 14.7. The summed E-state index contributed by atoms with van der Waals surface area (Å²) < 4.78 is 10.4. The molecule has 0 saturated carbocycles. The molecular formula is C21H23N5O6. The molecule has 2 aromatic rings. The summed E-state index contributed by atoms with van der Waals surface area (Å²) in [5.41, 5.74) is 1.23. The van der Waals surface area contributed by atoms with Crippen molar-refractivity contribution in [2.45, 2.75) is 13.0 Å². The number of morpholine rings is 1. The van der Waals surface area contributed by atoms with Crippen LogP contribution in [0.1, 0.15) is 17.3 Å². The molecule has 1 aliphatic rings. The summed E-state index contributed by atoms with van der Waals surface area (Å²) >= 11 is 0. The van der Waals surface area contributed by atoms with Crippen LogP contribution in [0.3, 0.4) is 0 Å². The molecule has 1 aliphatic heterocycles. The van der Waals surface area contributed by atoms with E-state index in [1.54, 1.807) is 19.1 Å². The van der Waals surface area contributed by atoms with Crippen molar-refractivity contribution in [1.29, 1.82) is 0 Å². The van der Waals surface area contributed by atoms with Gasteiger partial charge in [-0.25, -0.2) is 4.79 Å². The third-order valence-electron chi connectivity index (χ3n) is 4.72. The van der Waals surface area contributed by atoms with E-state index >= 15 is 0 Å². The third-order valence-corrected chi connectivity index (χ3v) is 4.72. The van der Waals surface area contributed by atoms with Crippen molar-refractivity contribution in [2.75, 3.05) is 37.8 Å². The van der Waals surface area contributed by atoms with Gasteiger partial charge in [-0.05, 0) is 43.3 Å². The third kappa shape index (κ3) is 6.08. The number of nitro benzene ring substituents is 1. The zero-order chi connectivity index (χ0) is 22.9.